The van der Waals surface area contributed by atoms with E-state index in [1.807, 2.05) is 30.3 Å². The standard InChI is InChI=1S/C17H15ClN4O3S2/c1-11(12-7-3-2-4-8-12)22-27(24,25)17-21-20-16(26-17)19-15(23)13-9-5-6-10-14(13)18/h2-11,22H,1H3,(H,19,20,23)/t11-/m1/s1. The fourth-order valence-electron chi connectivity index (χ4n) is 2.27. The molecule has 0 aliphatic heterocycles. The van der Waals surface area contributed by atoms with Crippen molar-refractivity contribution >= 4 is 44.0 Å². The number of benzene rings is 2. The van der Waals surface area contributed by atoms with Crippen LogP contribution in [-0.4, -0.2) is 24.5 Å². The summed E-state index contributed by atoms with van der Waals surface area (Å²) < 4.78 is 27.3. The molecule has 0 spiro atoms. The van der Waals surface area contributed by atoms with Gasteiger partial charge in [-0.1, -0.05) is 65.4 Å². The lowest BCUT2D eigenvalue weighted by Crippen LogP contribution is -2.26. The van der Waals surface area contributed by atoms with Crippen molar-refractivity contribution < 1.29 is 13.2 Å². The van der Waals surface area contributed by atoms with Crippen LogP contribution < -0.4 is 10.0 Å². The molecule has 2 N–H and O–H groups in total. The van der Waals surface area contributed by atoms with Gasteiger partial charge in [0.1, 0.15) is 0 Å². The maximum Gasteiger partial charge on any atom is 0.270 e. The summed E-state index contributed by atoms with van der Waals surface area (Å²) >= 11 is 6.74. The van der Waals surface area contributed by atoms with Crippen LogP contribution in [0.5, 0.6) is 0 Å². The van der Waals surface area contributed by atoms with Crippen LogP contribution in [0.1, 0.15) is 28.9 Å². The number of carbonyl (C=O) groups excluding carboxylic acids is 1. The van der Waals surface area contributed by atoms with Gasteiger partial charge in [0.15, 0.2) is 0 Å². The van der Waals surface area contributed by atoms with E-state index in [-0.39, 0.29) is 20.1 Å². The maximum absolute atomic E-state index is 12.5. The van der Waals surface area contributed by atoms with E-state index in [9.17, 15) is 13.2 Å². The molecule has 10 heteroatoms. The van der Waals surface area contributed by atoms with E-state index < -0.39 is 22.0 Å². The first kappa shape index (κ1) is 19.4. The van der Waals surface area contributed by atoms with Gasteiger partial charge in [-0.2, -0.15) is 0 Å². The first-order chi connectivity index (χ1) is 12.9. The number of anilines is 1. The lowest BCUT2D eigenvalue weighted by Gasteiger charge is -2.12. The SMILES string of the molecule is C[C@@H](NS(=O)(=O)c1nnc(NC(=O)c2ccccc2Cl)s1)c1ccccc1. The van der Waals surface area contributed by atoms with Gasteiger partial charge in [-0.25, -0.2) is 13.1 Å². The summed E-state index contributed by atoms with van der Waals surface area (Å²) in [5.41, 5.74) is 1.08. The van der Waals surface area contributed by atoms with Gasteiger partial charge in [-0.3, -0.25) is 10.1 Å². The molecule has 140 valence electrons. The summed E-state index contributed by atoms with van der Waals surface area (Å²) in [7, 11) is -3.88. The van der Waals surface area contributed by atoms with Crippen molar-refractivity contribution in [3.8, 4) is 0 Å². The van der Waals surface area contributed by atoms with Crippen LogP contribution in [0.25, 0.3) is 0 Å². The molecule has 0 radical (unpaired) electrons. The Morgan fingerprint density at radius 1 is 1.07 bits per heavy atom. The Bertz CT molecular complexity index is 1050. The first-order valence-corrected chi connectivity index (χ1v) is 10.5. The van der Waals surface area contributed by atoms with Gasteiger partial charge in [-0.05, 0) is 24.6 Å². The molecular formula is C17H15ClN4O3S2. The molecule has 0 saturated carbocycles. The van der Waals surface area contributed by atoms with Crippen molar-refractivity contribution in [1.29, 1.82) is 0 Å². The van der Waals surface area contributed by atoms with Crippen molar-refractivity contribution in [2.45, 2.75) is 17.3 Å². The summed E-state index contributed by atoms with van der Waals surface area (Å²) in [6, 6.07) is 15.2. The van der Waals surface area contributed by atoms with Crippen molar-refractivity contribution in [2.75, 3.05) is 5.32 Å². The van der Waals surface area contributed by atoms with Gasteiger partial charge >= 0.3 is 0 Å². The van der Waals surface area contributed by atoms with E-state index in [0.29, 0.717) is 0 Å². The van der Waals surface area contributed by atoms with E-state index in [0.717, 1.165) is 16.9 Å². The Hall–Kier alpha value is -2.33. The number of halogens is 1. The number of aromatic nitrogens is 2. The van der Waals surface area contributed by atoms with Crippen LogP contribution in [-0.2, 0) is 10.0 Å². The number of rotatable bonds is 6. The minimum Gasteiger partial charge on any atom is -0.296 e. The monoisotopic (exact) mass is 422 g/mol. The molecule has 7 nitrogen and oxygen atoms in total. The Balaban J connectivity index is 1.73. The average Bonchev–Trinajstić information content (AvgIpc) is 3.12. The summed E-state index contributed by atoms with van der Waals surface area (Å²) in [6.07, 6.45) is 0. The summed E-state index contributed by atoms with van der Waals surface area (Å²) in [5.74, 6) is -0.494. The highest BCUT2D eigenvalue weighted by molar-refractivity contribution is 7.91. The molecule has 3 rings (SSSR count). The second-order valence-electron chi connectivity index (χ2n) is 5.56. The smallest absolute Gasteiger partial charge is 0.270 e. The van der Waals surface area contributed by atoms with E-state index >= 15 is 0 Å². The van der Waals surface area contributed by atoms with E-state index in [1.165, 1.54) is 0 Å². The van der Waals surface area contributed by atoms with Crippen LogP contribution >= 0.6 is 22.9 Å². The van der Waals surface area contributed by atoms with Crippen LogP contribution in [0, 0.1) is 0 Å². The van der Waals surface area contributed by atoms with Crippen molar-refractivity contribution in [3.05, 3.63) is 70.7 Å². The number of carbonyl (C=O) groups is 1. The normalized spacial score (nSPS) is 12.5. The topological polar surface area (TPSA) is 101 Å². The summed E-state index contributed by atoms with van der Waals surface area (Å²) in [4.78, 5) is 12.2. The second kappa shape index (κ2) is 8.13. The quantitative estimate of drug-likeness (QED) is 0.592. The number of hydrogen-bond acceptors (Lipinski definition) is 6. The third kappa shape index (κ3) is 4.69. The van der Waals surface area contributed by atoms with Crippen LogP contribution in [0.4, 0.5) is 5.13 Å². The zero-order valence-corrected chi connectivity index (χ0v) is 16.5. The third-order valence-electron chi connectivity index (χ3n) is 3.61. The number of nitrogens with zero attached hydrogens (tertiary/aromatic N) is 2. The molecule has 0 fully saturated rings. The zero-order chi connectivity index (χ0) is 19.4. The van der Waals surface area contributed by atoms with Crippen molar-refractivity contribution in [2.24, 2.45) is 0 Å². The number of nitrogens with one attached hydrogen (secondary N) is 2. The lowest BCUT2D eigenvalue weighted by atomic mass is 10.1. The highest BCUT2D eigenvalue weighted by Gasteiger charge is 2.24. The molecule has 1 atom stereocenters. The summed E-state index contributed by atoms with van der Waals surface area (Å²) in [5, 5.41) is 10.3. The Morgan fingerprint density at radius 2 is 1.74 bits per heavy atom. The maximum atomic E-state index is 12.5. The number of amides is 1. The van der Waals surface area contributed by atoms with Gasteiger partial charge in [0.05, 0.1) is 10.6 Å². The molecule has 3 aromatic rings. The highest BCUT2D eigenvalue weighted by Crippen LogP contribution is 2.24. The molecule has 2 aromatic carbocycles. The van der Waals surface area contributed by atoms with Crippen molar-refractivity contribution in [1.82, 2.24) is 14.9 Å². The Kier molecular flexibility index (Phi) is 5.85. The zero-order valence-electron chi connectivity index (χ0n) is 14.1. The Morgan fingerprint density at radius 3 is 2.44 bits per heavy atom. The molecule has 0 unspecified atom stereocenters. The minimum absolute atomic E-state index is 0.0626. The van der Waals surface area contributed by atoms with Crippen molar-refractivity contribution in [3.63, 3.8) is 0 Å². The second-order valence-corrected chi connectivity index (χ2v) is 8.83. The molecule has 0 bridgehead atoms. The molecule has 27 heavy (non-hydrogen) atoms. The fourth-order valence-corrected chi connectivity index (χ4v) is 4.64. The predicted octanol–water partition coefficient (Wildman–Crippen LogP) is 3.48. The van der Waals surface area contributed by atoms with Gasteiger partial charge < -0.3 is 0 Å². The summed E-state index contributed by atoms with van der Waals surface area (Å²) in [6.45, 7) is 1.73. The molecule has 0 saturated heterocycles. The predicted molar refractivity (Wildman–Crippen MR) is 104 cm³/mol. The van der Waals surface area contributed by atoms with Crippen LogP contribution in [0.3, 0.4) is 0 Å². The fraction of sp³-hybridized carbons (Fsp3) is 0.118. The molecular weight excluding hydrogens is 408 g/mol. The van der Waals surface area contributed by atoms with E-state index in [1.54, 1.807) is 31.2 Å². The first-order valence-electron chi connectivity index (χ1n) is 7.83. The van der Waals surface area contributed by atoms with Gasteiger partial charge in [0.2, 0.25) is 9.47 Å². The van der Waals surface area contributed by atoms with E-state index in [2.05, 4.69) is 20.2 Å². The van der Waals surface area contributed by atoms with Gasteiger partial charge in [0, 0.05) is 6.04 Å². The largest absolute Gasteiger partial charge is 0.296 e. The van der Waals surface area contributed by atoms with E-state index in [4.69, 9.17) is 11.6 Å². The van der Waals surface area contributed by atoms with Gasteiger partial charge in [0.25, 0.3) is 15.9 Å². The highest BCUT2D eigenvalue weighted by atomic mass is 35.5. The molecule has 0 aliphatic rings. The number of hydrogen-bond donors (Lipinski definition) is 2. The third-order valence-corrected chi connectivity index (χ3v) is 6.68. The average molecular weight is 423 g/mol. The molecule has 1 amide bonds. The number of sulfonamides is 1. The molecule has 1 aromatic heterocycles. The van der Waals surface area contributed by atoms with Crippen LogP contribution in [0.2, 0.25) is 5.02 Å². The molecule has 1 heterocycles. The minimum atomic E-state index is -3.88. The van der Waals surface area contributed by atoms with Gasteiger partial charge in [-0.15, -0.1) is 10.2 Å². The Labute approximate surface area is 165 Å². The lowest BCUT2D eigenvalue weighted by molar-refractivity contribution is 0.102. The van der Waals surface area contributed by atoms with Crippen LogP contribution in [0.15, 0.2) is 58.9 Å². The molecule has 0 aliphatic carbocycles.